The monoisotopic (exact) mass is 287 g/mol. The van der Waals surface area contributed by atoms with Crippen molar-refractivity contribution in [3.63, 3.8) is 0 Å². The number of hydrogen-bond acceptors (Lipinski definition) is 1. The highest BCUT2D eigenvalue weighted by Gasteiger charge is 2.32. The number of halogens is 3. The van der Waals surface area contributed by atoms with E-state index in [0.717, 1.165) is 37.7 Å². The second-order valence-electron chi connectivity index (χ2n) is 5.31. The normalized spacial score (nSPS) is 13.4. The van der Waals surface area contributed by atoms with Gasteiger partial charge in [0.1, 0.15) is 5.69 Å². The van der Waals surface area contributed by atoms with Gasteiger partial charge in [-0.25, -0.2) is 0 Å². The Morgan fingerprint density at radius 3 is 2.40 bits per heavy atom. The van der Waals surface area contributed by atoms with Crippen LogP contribution >= 0.6 is 0 Å². The van der Waals surface area contributed by atoms with E-state index in [2.05, 4.69) is 18.8 Å². The molecule has 1 aromatic heterocycles. The van der Waals surface area contributed by atoms with Gasteiger partial charge in [-0.3, -0.25) is 4.98 Å². The Bertz CT molecular complexity index is 388. The predicted molar refractivity (Wildman–Crippen MR) is 75.6 cm³/mol. The minimum absolute atomic E-state index is 0.223. The lowest BCUT2D eigenvalue weighted by Crippen LogP contribution is -2.09. The highest BCUT2D eigenvalue weighted by atomic mass is 19.4. The fourth-order valence-corrected chi connectivity index (χ4v) is 2.50. The largest absolute Gasteiger partial charge is 0.433 e. The van der Waals surface area contributed by atoms with Gasteiger partial charge >= 0.3 is 6.18 Å². The first kappa shape index (κ1) is 17.0. The van der Waals surface area contributed by atoms with E-state index in [1.54, 1.807) is 6.07 Å². The van der Waals surface area contributed by atoms with Crippen LogP contribution in [-0.2, 0) is 6.18 Å². The molecule has 0 aliphatic rings. The van der Waals surface area contributed by atoms with Crippen LogP contribution in [0.25, 0.3) is 0 Å². The predicted octanol–water partition coefficient (Wildman–Crippen LogP) is 5.95. The minimum Gasteiger partial charge on any atom is -0.252 e. The van der Waals surface area contributed by atoms with Crippen LogP contribution in [0.2, 0.25) is 0 Å². The summed E-state index contributed by atoms with van der Waals surface area (Å²) >= 11 is 0. The molecular formula is C16H24F3N. The van der Waals surface area contributed by atoms with E-state index in [1.165, 1.54) is 25.1 Å². The molecular weight excluding hydrogens is 263 g/mol. The van der Waals surface area contributed by atoms with Crippen molar-refractivity contribution >= 4 is 0 Å². The van der Waals surface area contributed by atoms with Gasteiger partial charge in [0.25, 0.3) is 0 Å². The summed E-state index contributed by atoms with van der Waals surface area (Å²) in [5, 5.41) is 0. The van der Waals surface area contributed by atoms with Gasteiger partial charge in [0.05, 0.1) is 0 Å². The Kier molecular flexibility index (Phi) is 7.03. The molecule has 114 valence electrons. The third-order valence-electron chi connectivity index (χ3n) is 3.59. The van der Waals surface area contributed by atoms with Crippen molar-refractivity contribution in [2.75, 3.05) is 0 Å². The fraction of sp³-hybridized carbons (Fsp3) is 0.688. The van der Waals surface area contributed by atoms with Crippen molar-refractivity contribution in [3.8, 4) is 0 Å². The first-order valence-corrected chi connectivity index (χ1v) is 7.52. The molecule has 1 aromatic rings. The van der Waals surface area contributed by atoms with E-state index in [4.69, 9.17) is 0 Å². The number of aromatic nitrogens is 1. The molecule has 0 saturated carbocycles. The molecule has 0 fully saturated rings. The van der Waals surface area contributed by atoms with Crippen LogP contribution in [0, 0.1) is 0 Å². The number of rotatable bonds is 8. The van der Waals surface area contributed by atoms with Gasteiger partial charge in [-0.1, -0.05) is 46.0 Å². The van der Waals surface area contributed by atoms with Gasteiger partial charge in [-0.05, 0) is 36.5 Å². The van der Waals surface area contributed by atoms with E-state index in [9.17, 15) is 13.2 Å². The maximum Gasteiger partial charge on any atom is 0.433 e. The third-order valence-corrected chi connectivity index (χ3v) is 3.59. The Balaban J connectivity index is 2.75. The average Bonchev–Trinajstić information content (AvgIpc) is 2.41. The first-order chi connectivity index (χ1) is 9.49. The molecule has 0 saturated heterocycles. The maximum absolute atomic E-state index is 12.7. The molecule has 0 amide bonds. The van der Waals surface area contributed by atoms with Crippen LogP contribution < -0.4 is 0 Å². The Morgan fingerprint density at radius 2 is 1.80 bits per heavy atom. The quantitative estimate of drug-likeness (QED) is 0.538. The topological polar surface area (TPSA) is 12.9 Å². The summed E-state index contributed by atoms with van der Waals surface area (Å²) in [4.78, 5) is 3.44. The number of hydrogen-bond donors (Lipinski definition) is 0. The fourth-order valence-electron chi connectivity index (χ4n) is 2.50. The van der Waals surface area contributed by atoms with E-state index in [0.29, 0.717) is 0 Å². The van der Waals surface area contributed by atoms with Crippen LogP contribution in [0.3, 0.4) is 0 Å². The van der Waals surface area contributed by atoms with Crippen LogP contribution in [0.5, 0.6) is 0 Å². The first-order valence-electron chi connectivity index (χ1n) is 7.52. The van der Waals surface area contributed by atoms with Crippen LogP contribution in [-0.4, -0.2) is 4.98 Å². The van der Waals surface area contributed by atoms with Crippen LogP contribution in [0.4, 0.5) is 13.2 Å². The lowest BCUT2D eigenvalue weighted by molar-refractivity contribution is -0.141. The Labute approximate surface area is 119 Å². The highest BCUT2D eigenvalue weighted by molar-refractivity contribution is 5.22. The molecule has 20 heavy (non-hydrogen) atoms. The molecule has 0 bridgehead atoms. The standard InChI is InChI=1S/C16H24F3N/c1-3-5-6-7-9-13(8-4-2)14-10-11-20-15(12-14)16(17,18)19/h10-13H,3-9H2,1-2H3. The SMILES string of the molecule is CCCCCCC(CCC)c1ccnc(C(F)(F)F)c1. The number of unbranched alkanes of at least 4 members (excludes halogenated alkanes) is 3. The van der Waals surface area contributed by atoms with Crippen molar-refractivity contribution in [3.05, 3.63) is 29.6 Å². The summed E-state index contributed by atoms with van der Waals surface area (Å²) < 4.78 is 38.1. The van der Waals surface area contributed by atoms with Gasteiger partial charge in [-0.15, -0.1) is 0 Å². The molecule has 0 aromatic carbocycles. The summed E-state index contributed by atoms with van der Waals surface area (Å²) in [7, 11) is 0. The molecule has 0 aliphatic heterocycles. The van der Waals surface area contributed by atoms with Gasteiger partial charge in [0.15, 0.2) is 0 Å². The van der Waals surface area contributed by atoms with Crippen molar-refractivity contribution in [2.45, 2.75) is 70.9 Å². The zero-order valence-electron chi connectivity index (χ0n) is 12.3. The van der Waals surface area contributed by atoms with Gasteiger partial charge in [-0.2, -0.15) is 13.2 Å². The maximum atomic E-state index is 12.7. The zero-order valence-corrected chi connectivity index (χ0v) is 12.3. The molecule has 0 aliphatic carbocycles. The Hall–Kier alpha value is -1.06. The Morgan fingerprint density at radius 1 is 1.05 bits per heavy atom. The van der Waals surface area contributed by atoms with Crippen molar-refractivity contribution in [1.29, 1.82) is 0 Å². The van der Waals surface area contributed by atoms with Crippen molar-refractivity contribution < 1.29 is 13.2 Å². The average molecular weight is 287 g/mol. The summed E-state index contributed by atoms with van der Waals surface area (Å²) in [5.41, 5.74) is 0.00957. The second-order valence-corrected chi connectivity index (χ2v) is 5.31. The third kappa shape index (κ3) is 5.51. The molecule has 1 heterocycles. The summed E-state index contributed by atoms with van der Waals surface area (Å²) in [6.45, 7) is 4.23. The molecule has 4 heteroatoms. The van der Waals surface area contributed by atoms with E-state index < -0.39 is 11.9 Å². The smallest absolute Gasteiger partial charge is 0.252 e. The number of nitrogens with zero attached hydrogens (tertiary/aromatic N) is 1. The number of pyridine rings is 1. The van der Waals surface area contributed by atoms with Gasteiger partial charge in [0, 0.05) is 6.20 Å². The molecule has 1 atom stereocenters. The van der Waals surface area contributed by atoms with Crippen LogP contribution in [0.15, 0.2) is 18.3 Å². The molecule has 0 spiro atoms. The molecule has 1 nitrogen and oxygen atoms in total. The van der Waals surface area contributed by atoms with E-state index in [-0.39, 0.29) is 5.92 Å². The van der Waals surface area contributed by atoms with Crippen molar-refractivity contribution in [2.24, 2.45) is 0 Å². The van der Waals surface area contributed by atoms with Crippen LogP contribution in [0.1, 0.15) is 76.0 Å². The molecule has 1 rings (SSSR count). The molecule has 0 radical (unpaired) electrons. The summed E-state index contributed by atoms with van der Waals surface area (Å²) in [6, 6.07) is 2.95. The van der Waals surface area contributed by atoms with Gasteiger partial charge in [0.2, 0.25) is 0 Å². The van der Waals surface area contributed by atoms with E-state index >= 15 is 0 Å². The summed E-state index contributed by atoms with van der Waals surface area (Å²) in [6.07, 6.45) is 4.44. The zero-order chi connectivity index (χ0) is 15.0. The lowest BCUT2D eigenvalue weighted by Gasteiger charge is -2.17. The molecule has 1 unspecified atom stereocenters. The van der Waals surface area contributed by atoms with E-state index in [1.807, 2.05) is 0 Å². The summed E-state index contributed by atoms with van der Waals surface area (Å²) in [5.74, 6) is 0.223. The van der Waals surface area contributed by atoms with Gasteiger partial charge < -0.3 is 0 Å². The van der Waals surface area contributed by atoms with Crippen molar-refractivity contribution in [1.82, 2.24) is 4.98 Å². The second kappa shape index (κ2) is 8.28. The molecule has 0 N–H and O–H groups in total. The lowest BCUT2D eigenvalue weighted by atomic mass is 9.89. The number of alkyl halides is 3. The minimum atomic E-state index is -4.35. The highest BCUT2D eigenvalue weighted by Crippen LogP contribution is 2.32.